The van der Waals surface area contributed by atoms with Crippen molar-refractivity contribution in [1.29, 1.82) is 0 Å². The Morgan fingerprint density at radius 1 is 1.21 bits per heavy atom. The molecule has 2 aromatic heterocycles. The van der Waals surface area contributed by atoms with Crippen molar-refractivity contribution in [3.8, 4) is 16.3 Å². The SMILES string of the molecule is COc1ccc(CNC(=O)c2ccc(-c3ccnc(N)n3)s2)cc1. The lowest BCUT2D eigenvalue weighted by Crippen LogP contribution is -2.21. The summed E-state index contributed by atoms with van der Waals surface area (Å²) in [5.74, 6) is 0.882. The highest BCUT2D eigenvalue weighted by molar-refractivity contribution is 7.17. The fourth-order valence-corrected chi connectivity index (χ4v) is 3.01. The number of carbonyl (C=O) groups is 1. The third kappa shape index (κ3) is 3.69. The van der Waals surface area contributed by atoms with E-state index in [1.54, 1.807) is 25.4 Å². The fourth-order valence-electron chi connectivity index (χ4n) is 2.12. The number of rotatable bonds is 5. The molecule has 122 valence electrons. The second-order valence-electron chi connectivity index (χ2n) is 4.99. The summed E-state index contributed by atoms with van der Waals surface area (Å²) in [6, 6.07) is 13.0. The molecule has 0 unspecified atom stereocenters. The van der Waals surface area contributed by atoms with Gasteiger partial charge in [0.05, 0.1) is 22.6 Å². The van der Waals surface area contributed by atoms with Gasteiger partial charge in [0.15, 0.2) is 0 Å². The van der Waals surface area contributed by atoms with E-state index >= 15 is 0 Å². The van der Waals surface area contributed by atoms with Crippen LogP contribution in [-0.4, -0.2) is 23.0 Å². The molecule has 0 saturated heterocycles. The molecule has 3 aromatic rings. The van der Waals surface area contributed by atoms with Crippen LogP contribution >= 0.6 is 11.3 Å². The molecule has 0 aliphatic heterocycles. The first-order valence-corrected chi connectivity index (χ1v) is 8.07. The minimum Gasteiger partial charge on any atom is -0.497 e. The standard InChI is InChI=1S/C17H16N4O2S/c1-23-12-4-2-11(3-5-12)10-20-16(22)15-7-6-14(24-15)13-8-9-19-17(18)21-13/h2-9H,10H2,1H3,(H,20,22)(H2,18,19,21). The first kappa shape index (κ1) is 15.9. The van der Waals surface area contributed by atoms with E-state index in [1.165, 1.54) is 11.3 Å². The van der Waals surface area contributed by atoms with Crippen LogP contribution in [0.3, 0.4) is 0 Å². The number of nitrogens with zero attached hydrogens (tertiary/aromatic N) is 2. The van der Waals surface area contributed by atoms with Crippen molar-refractivity contribution in [3.63, 3.8) is 0 Å². The maximum atomic E-state index is 12.3. The topological polar surface area (TPSA) is 90.1 Å². The smallest absolute Gasteiger partial charge is 0.261 e. The zero-order valence-corrected chi connectivity index (χ0v) is 13.8. The lowest BCUT2D eigenvalue weighted by molar-refractivity contribution is 0.0955. The number of nitrogens with one attached hydrogen (secondary N) is 1. The monoisotopic (exact) mass is 340 g/mol. The first-order valence-electron chi connectivity index (χ1n) is 7.25. The summed E-state index contributed by atoms with van der Waals surface area (Å²) in [6.07, 6.45) is 1.60. The van der Waals surface area contributed by atoms with Gasteiger partial charge in [-0.05, 0) is 35.9 Å². The Balaban J connectivity index is 1.65. The number of benzene rings is 1. The maximum Gasteiger partial charge on any atom is 0.261 e. The molecule has 24 heavy (non-hydrogen) atoms. The molecule has 7 heteroatoms. The minimum absolute atomic E-state index is 0.121. The third-order valence-corrected chi connectivity index (χ3v) is 4.48. The summed E-state index contributed by atoms with van der Waals surface area (Å²) in [7, 11) is 1.62. The number of hydrogen-bond acceptors (Lipinski definition) is 6. The Labute approximate surface area is 143 Å². The van der Waals surface area contributed by atoms with Crippen LogP contribution in [-0.2, 0) is 6.54 Å². The van der Waals surface area contributed by atoms with Crippen LogP contribution in [0.2, 0.25) is 0 Å². The highest BCUT2D eigenvalue weighted by atomic mass is 32.1. The fraction of sp³-hybridized carbons (Fsp3) is 0.118. The zero-order valence-electron chi connectivity index (χ0n) is 13.0. The predicted molar refractivity (Wildman–Crippen MR) is 93.9 cm³/mol. The lowest BCUT2D eigenvalue weighted by Gasteiger charge is -2.05. The van der Waals surface area contributed by atoms with Crippen LogP contribution in [0, 0.1) is 0 Å². The van der Waals surface area contributed by atoms with Crippen LogP contribution in [0.25, 0.3) is 10.6 Å². The maximum absolute atomic E-state index is 12.3. The van der Waals surface area contributed by atoms with Crippen LogP contribution < -0.4 is 15.8 Å². The number of aromatic nitrogens is 2. The highest BCUT2D eigenvalue weighted by Crippen LogP contribution is 2.26. The van der Waals surface area contributed by atoms with E-state index in [4.69, 9.17) is 10.5 Å². The summed E-state index contributed by atoms with van der Waals surface area (Å²) in [5, 5.41) is 2.90. The molecular formula is C17H16N4O2S. The molecule has 3 N–H and O–H groups in total. The van der Waals surface area contributed by atoms with Crippen molar-refractivity contribution in [2.75, 3.05) is 12.8 Å². The largest absolute Gasteiger partial charge is 0.497 e. The molecule has 0 saturated carbocycles. The molecule has 1 amide bonds. The van der Waals surface area contributed by atoms with Gasteiger partial charge in [-0.3, -0.25) is 4.79 Å². The van der Waals surface area contributed by atoms with Gasteiger partial charge >= 0.3 is 0 Å². The molecule has 0 spiro atoms. The predicted octanol–water partition coefficient (Wildman–Crippen LogP) is 2.73. The van der Waals surface area contributed by atoms with Crippen LogP contribution in [0.5, 0.6) is 5.75 Å². The quantitative estimate of drug-likeness (QED) is 0.745. The van der Waals surface area contributed by atoms with Gasteiger partial charge in [-0.1, -0.05) is 12.1 Å². The molecule has 0 fully saturated rings. The molecular weight excluding hydrogens is 324 g/mol. The van der Waals surface area contributed by atoms with E-state index in [0.29, 0.717) is 17.1 Å². The van der Waals surface area contributed by atoms with Gasteiger partial charge in [0.25, 0.3) is 5.91 Å². The summed E-state index contributed by atoms with van der Waals surface area (Å²) >= 11 is 1.37. The molecule has 6 nitrogen and oxygen atoms in total. The number of amides is 1. The van der Waals surface area contributed by atoms with E-state index in [0.717, 1.165) is 16.2 Å². The number of nitrogen functional groups attached to an aromatic ring is 1. The normalized spacial score (nSPS) is 10.4. The van der Waals surface area contributed by atoms with Crippen molar-refractivity contribution in [2.45, 2.75) is 6.54 Å². The number of hydrogen-bond donors (Lipinski definition) is 2. The van der Waals surface area contributed by atoms with Crippen LogP contribution in [0.1, 0.15) is 15.2 Å². The van der Waals surface area contributed by atoms with Crippen molar-refractivity contribution in [2.24, 2.45) is 0 Å². The Morgan fingerprint density at radius 3 is 2.71 bits per heavy atom. The number of methoxy groups -OCH3 is 1. The van der Waals surface area contributed by atoms with E-state index in [1.807, 2.05) is 30.3 Å². The second-order valence-corrected chi connectivity index (χ2v) is 6.08. The number of nitrogens with two attached hydrogens (primary N) is 1. The Morgan fingerprint density at radius 2 is 2.00 bits per heavy atom. The second kappa shape index (κ2) is 7.10. The van der Waals surface area contributed by atoms with Gasteiger partial charge in [0, 0.05) is 12.7 Å². The molecule has 0 bridgehead atoms. The molecule has 2 heterocycles. The summed E-state index contributed by atoms with van der Waals surface area (Å²) in [6.45, 7) is 0.455. The van der Waals surface area contributed by atoms with Gasteiger partial charge in [-0.25, -0.2) is 9.97 Å². The average Bonchev–Trinajstić information content (AvgIpc) is 3.10. The summed E-state index contributed by atoms with van der Waals surface area (Å²) < 4.78 is 5.11. The molecule has 1 aromatic carbocycles. The van der Waals surface area contributed by atoms with Gasteiger partial charge in [-0.2, -0.15) is 0 Å². The van der Waals surface area contributed by atoms with E-state index in [-0.39, 0.29) is 11.9 Å². The van der Waals surface area contributed by atoms with Crippen molar-refractivity contribution >= 4 is 23.2 Å². The van der Waals surface area contributed by atoms with Gasteiger partial charge in [0.1, 0.15) is 5.75 Å². The van der Waals surface area contributed by atoms with Crippen molar-refractivity contribution in [3.05, 3.63) is 59.1 Å². The molecule has 0 aliphatic carbocycles. The Kier molecular flexibility index (Phi) is 4.72. The van der Waals surface area contributed by atoms with E-state index < -0.39 is 0 Å². The lowest BCUT2D eigenvalue weighted by atomic mass is 10.2. The molecule has 0 radical (unpaired) electrons. The number of ether oxygens (including phenoxy) is 1. The zero-order chi connectivity index (χ0) is 16.9. The first-order chi connectivity index (χ1) is 11.7. The number of anilines is 1. The number of carbonyl (C=O) groups excluding carboxylic acids is 1. The van der Waals surface area contributed by atoms with Gasteiger partial charge in [0.2, 0.25) is 5.95 Å². The van der Waals surface area contributed by atoms with Gasteiger partial charge in [-0.15, -0.1) is 11.3 Å². The van der Waals surface area contributed by atoms with E-state index in [2.05, 4.69) is 15.3 Å². The molecule has 3 rings (SSSR count). The third-order valence-electron chi connectivity index (χ3n) is 3.37. The molecule has 0 aliphatic rings. The van der Waals surface area contributed by atoms with Crippen molar-refractivity contribution < 1.29 is 9.53 Å². The Hall–Kier alpha value is -2.93. The van der Waals surface area contributed by atoms with Crippen LogP contribution in [0.15, 0.2) is 48.7 Å². The minimum atomic E-state index is -0.121. The molecule has 0 atom stereocenters. The van der Waals surface area contributed by atoms with Crippen molar-refractivity contribution in [1.82, 2.24) is 15.3 Å². The van der Waals surface area contributed by atoms with Crippen LogP contribution in [0.4, 0.5) is 5.95 Å². The average molecular weight is 340 g/mol. The highest BCUT2D eigenvalue weighted by Gasteiger charge is 2.11. The van der Waals surface area contributed by atoms with E-state index in [9.17, 15) is 4.79 Å². The summed E-state index contributed by atoms with van der Waals surface area (Å²) in [4.78, 5) is 21.8. The summed E-state index contributed by atoms with van der Waals surface area (Å²) in [5.41, 5.74) is 7.30. The number of thiophene rings is 1. The van der Waals surface area contributed by atoms with Gasteiger partial charge < -0.3 is 15.8 Å². The Bertz CT molecular complexity index is 846.